The lowest BCUT2D eigenvalue weighted by atomic mass is 10.1. The van der Waals surface area contributed by atoms with E-state index in [4.69, 9.17) is 5.73 Å². The molecule has 0 aliphatic heterocycles. The summed E-state index contributed by atoms with van der Waals surface area (Å²) >= 11 is 0. The van der Waals surface area contributed by atoms with Crippen LogP contribution in [-0.4, -0.2) is 29.5 Å². The Kier molecular flexibility index (Phi) is 4.28. The number of fused-ring (bicyclic) bond motifs is 1. The maximum atomic E-state index is 5.77. The fourth-order valence-corrected chi connectivity index (χ4v) is 2.04. The van der Waals surface area contributed by atoms with Crippen LogP contribution in [0.3, 0.4) is 0 Å². The molecule has 1 heterocycles. The van der Waals surface area contributed by atoms with Crippen molar-refractivity contribution in [2.75, 3.05) is 13.6 Å². The first-order valence-electron chi connectivity index (χ1n) is 6.43. The molecule has 0 saturated carbocycles. The summed E-state index contributed by atoms with van der Waals surface area (Å²) in [6.45, 7) is 4.04. The van der Waals surface area contributed by atoms with Gasteiger partial charge in [0.2, 0.25) is 0 Å². The molecule has 0 amide bonds. The van der Waals surface area contributed by atoms with Gasteiger partial charge in [-0.05, 0) is 50.7 Å². The molecule has 0 fully saturated rings. The Labute approximate surface area is 109 Å². The SMILES string of the molecule is CC(N)CCN(C)Cc1ccc2ncccc2c1. The quantitative estimate of drug-likeness (QED) is 0.877. The molecular formula is C15H21N3. The van der Waals surface area contributed by atoms with Crippen molar-refractivity contribution in [2.45, 2.75) is 25.9 Å². The number of nitrogens with zero attached hydrogens (tertiary/aromatic N) is 2. The summed E-state index contributed by atoms with van der Waals surface area (Å²) in [5, 5.41) is 1.20. The van der Waals surface area contributed by atoms with Crippen LogP contribution < -0.4 is 5.73 Å². The Morgan fingerprint density at radius 2 is 2.17 bits per heavy atom. The number of hydrogen-bond acceptors (Lipinski definition) is 3. The molecule has 0 saturated heterocycles. The van der Waals surface area contributed by atoms with Crippen molar-refractivity contribution in [3.05, 3.63) is 42.1 Å². The number of nitrogens with two attached hydrogens (primary N) is 1. The zero-order chi connectivity index (χ0) is 13.0. The lowest BCUT2D eigenvalue weighted by Gasteiger charge is -2.18. The second-order valence-corrected chi connectivity index (χ2v) is 5.03. The molecule has 1 aromatic carbocycles. The van der Waals surface area contributed by atoms with Crippen LogP contribution in [0.5, 0.6) is 0 Å². The van der Waals surface area contributed by atoms with E-state index in [2.05, 4.69) is 48.1 Å². The summed E-state index contributed by atoms with van der Waals surface area (Å²) in [6.07, 6.45) is 2.86. The Balaban J connectivity index is 2.03. The van der Waals surface area contributed by atoms with E-state index in [9.17, 15) is 0 Å². The van der Waals surface area contributed by atoms with Crippen LogP contribution in [0.4, 0.5) is 0 Å². The average Bonchev–Trinajstić information content (AvgIpc) is 2.36. The molecular weight excluding hydrogens is 222 g/mol. The van der Waals surface area contributed by atoms with Crippen LogP contribution in [0.1, 0.15) is 18.9 Å². The largest absolute Gasteiger partial charge is 0.328 e. The molecule has 1 aromatic heterocycles. The molecule has 3 nitrogen and oxygen atoms in total. The van der Waals surface area contributed by atoms with Crippen LogP contribution in [0, 0.1) is 0 Å². The Morgan fingerprint density at radius 3 is 2.94 bits per heavy atom. The van der Waals surface area contributed by atoms with Gasteiger partial charge in [0.25, 0.3) is 0 Å². The third-order valence-corrected chi connectivity index (χ3v) is 3.09. The molecule has 96 valence electrons. The molecule has 0 spiro atoms. The predicted octanol–water partition coefficient (Wildman–Crippen LogP) is 2.40. The number of hydrogen-bond donors (Lipinski definition) is 1. The highest BCUT2D eigenvalue weighted by atomic mass is 15.1. The molecule has 3 heteroatoms. The van der Waals surface area contributed by atoms with Crippen molar-refractivity contribution in [3.63, 3.8) is 0 Å². The average molecular weight is 243 g/mol. The van der Waals surface area contributed by atoms with Crippen molar-refractivity contribution in [3.8, 4) is 0 Å². The number of aromatic nitrogens is 1. The van der Waals surface area contributed by atoms with Crippen molar-refractivity contribution in [2.24, 2.45) is 5.73 Å². The Bertz CT molecular complexity index is 508. The molecule has 0 aliphatic rings. The summed E-state index contributed by atoms with van der Waals surface area (Å²) in [6, 6.07) is 10.8. The lowest BCUT2D eigenvalue weighted by Crippen LogP contribution is -2.25. The van der Waals surface area contributed by atoms with Gasteiger partial charge in [0, 0.05) is 24.2 Å². The minimum absolute atomic E-state index is 0.272. The van der Waals surface area contributed by atoms with E-state index >= 15 is 0 Å². The Morgan fingerprint density at radius 1 is 1.33 bits per heavy atom. The second kappa shape index (κ2) is 5.94. The lowest BCUT2D eigenvalue weighted by molar-refractivity contribution is 0.313. The maximum Gasteiger partial charge on any atom is 0.0702 e. The van der Waals surface area contributed by atoms with E-state index in [1.165, 1.54) is 10.9 Å². The third kappa shape index (κ3) is 3.52. The van der Waals surface area contributed by atoms with E-state index < -0.39 is 0 Å². The Hall–Kier alpha value is -1.45. The summed E-state index contributed by atoms with van der Waals surface area (Å²) in [7, 11) is 2.13. The molecule has 2 aromatic rings. The van der Waals surface area contributed by atoms with Gasteiger partial charge in [-0.1, -0.05) is 12.1 Å². The van der Waals surface area contributed by atoms with Crippen molar-refractivity contribution < 1.29 is 0 Å². The first kappa shape index (κ1) is 13.0. The van der Waals surface area contributed by atoms with Gasteiger partial charge in [-0.25, -0.2) is 0 Å². The van der Waals surface area contributed by atoms with Gasteiger partial charge >= 0.3 is 0 Å². The highest BCUT2D eigenvalue weighted by Gasteiger charge is 2.03. The maximum absolute atomic E-state index is 5.77. The van der Waals surface area contributed by atoms with Crippen molar-refractivity contribution in [1.29, 1.82) is 0 Å². The summed E-state index contributed by atoms with van der Waals surface area (Å²) in [5.41, 5.74) is 8.15. The summed E-state index contributed by atoms with van der Waals surface area (Å²) in [4.78, 5) is 6.64. The van der Waals surface area contributed by atoms with Gasteiger partial charge in [0.15, 0.2) is 0 Å². The minimum atomic E-state index is 0.272. The minimum Gasteiger partial charge on any atom is -0.328 e. The molecule has 1 atom stereocenters. The number of rotatable bonds is 5. The highest BCUT2D eigenvalue weighted by Crippen LogP contribution is 2.14. The van der Waals surface area contributed by atoms with Crippen LogP contribution in [0.15, 0.2) is 36.5 Å². The predicted molar refractivity (Wildman–Crippen MR) is 76.3 cm³/mol. The first-order valence-corrected chi connectivity index (χ1v) is 6.43. The standard InChI is InChI=1S/C15H21N3/c1-12(16)7-9-18(2)11-13-5-6-15-14(10-13)4-3-8-17-15/h3-6,8,10,12H,7,9,11,16H2,1-2H3. The monoisotopic (exact) mass is 243 g/mol. The molecule has 0 bridgehead atoms. The van der Waals surface area contributed by atoms with Crippen molar-refractivity contribution >= 4 is 10.9 Å². The summed E-state index contributed by atoms with van der Waals surface area (Å²) < 4.78 is 0. The van der Waals surface area contributed by atoms with Gasteiger partial charge in [-0.3, -0.25) is 4.98 Å². The number of pyridine rings is 1. The molecule has 0 radical (unpaired) electrons. The zero-order valence-electron chi connectivity index (χ0n) is 11.1. The first-order chi connectivity index (χ1) is 8.65. The van der Waals surface area contributed by atoms with E-state index in [1.54, 1.807) is 0 Å². The van der Waals surface area contributed by atoms with Crippen LogP contribution in [-0.2, 0) is 6.54 Å². The fourth-order valence-electron chi connectivity index (χ4n) is 2.04. The van der Waals surface area contributed by atoms with Crippen LogP contribution in [0.2, 0.25) is 0 Å². The van der Waals surface area contributed by atoms with Gasteiger partial charge in [0.1, 0.15) is 0 Å². The van der Waals surface area contributed by atoms with Crippen LogP contribution in [0.25, 0.3) is 10.9 Å². The summed E-state index contributed by atoms with van der Waals surface area (Å²) in [5.74, 6) is 0. The normalized spacial score (nSPS) is 13.1. The molecule has 0 aliphatic carbocycles. The van der Waals surface area contributed by atoms with Crippen molar-refractivity contribution in [1.82, 2.24) is 9.88 Å². The fraction of sp³-hybridized carbons (Fsp3) is 0.400. The van der Waals surface area contributed by atoms with Gasteiger partial charge < -0.3 is 10.6 Å². The van der Waals surface area contributed by atoms with Gasteiger partial charge in [-0.15, -0.1) is 0 Å². The smallest absolute Gasteiger partial charge is 0.0702 e. The van der Waals surface area contributed by atoms with Gasteiger partial charge in [-0.2, -0.15) is 0 Å². The zero-order valence-corrected chi connectivity index (χ0v) is 11.1. The third-order valence-electron chi connectivity index (χ3n) is 3.09. The molecule has 1 unspecified atom stereocenters. The molecule has 18 heavy (non-hydrogen) atoms. The topological polar surface area (TPSA) is 42.1 Å². The van der Waals surface area contributed by atoms with E-state index in [1.807, 2.05) is 12.3 Å². The van der Waals surface area contributed by atoms with Crippen LogP contribution >= 0.6 is 0 Å². The van der Waals surface area contributed by atoms with E-state index in [0.29, 0.717) is 0 Å². The van der Waals surface area contributed by atoms with E-state index in [-0.39, 0.29) is 6.04 Å². The molecule has 2 N–H and O–H groups in total. The molecule has 2 rings (SSSR count). The van der Waals surface area contributed by atoms with E-state index in [0.717, 1.165) is 25.0 Å². The highest BCUT2D eigenvalue weighted by molar-refractivity contribution is 5.78. The number of benzene rings is 1. The second-order valence-electron chi connectivity index (χ2n) is 5.03. The van der Waals surface area contributed by atoms with Gasteiger partial charge in [0.05, 0.1) is 5.52 Å².